The van der Waals surface area contributed by atoms with Gasteiger partial charge in [0.1, 0.15) is 11.5 Å². The molecule has 3 heterocycles. The molecule has 1 aliphatic heterocycles. The molecule has 3 fully saturated rings. The van der Waals surface area contributed by atoms with Crippen molar-refractivity contribution in [3.63, 3.8) is 0 Å². The fourth-order valence-electron chi connectivity index (χ4n) is 6.33. The van der Waals surface area contributed by atoms with Gasteiger partial charge in [-0.1, -0.05) is 11.2 Å². The Balaban J connectivity index is 1.24. The molecule has 1 unspecified atom stereocenters. The van der Waals surface area contributed by atoms with Gasteiger partial charge in [-0.3, -0.25) is 9.59 Å². The van der Waals surface area contributed by atoms with Crippen molar-refractivity contribution < 1.29 is 27.7 Å². The van der Waals surface area contributed by atoms with E-state index in [1.807, 2.05) is 32.0 Å². The van der Waals surface area contributed by atoms with Gasteiger partial charge in [0.05, 0.1) is 28.7 Å². The van der Waals surface area contributed by atoms with Gasteiger partial charge in [0.15, 0.2) is 5.69 Å². The van der Waals surface area contributed by atoms with Gasteiger partial charge < -0.3 is 20.4 Å². The van der Waals surface area contributed by atoms with E-state index in [1.54, 1.807) is 6.92 Å². The van der Waals surface area contributed by atoms with Gasteiger partial charge in [-0.15, -0.1) is 0 Å². The van der Waals surface area contributed by atoms with E-state index < -0.39 is 12.0 Å². The summed E-state index contributed by atoms with van der Waals surface area (Å²) in [5.74, 6) is -2.47. The Kier molecular flexibility index (Phi) is 7.07. The number of aromatic nitrogens is 4. The lowest BCUT2D eigenvalue weighted by atomic mass is 9.79. The van der Waals surface area contributed by atoms with Crippen molar-refractivity contribution in [1.82, 2.24) is 30.9 Å². The zero-order valence-electron chi connectivity index (χ0n) is 23.5. The molecule has 10 nitrogen and oxygen atoms in total. The van der Waals surface area contributed by atoms with Crippen LogP contribution >= 0.6 is 0 Å². The number of hydrogen-bond donors (Lipinski definition) is 3. The van der Waals surface area contributed by atoms with Crippen LogP contribution in [0.5, 0.6) is 0 Å². The molecular weight excluding hydrogens is 534 g/mol. The summed E-state index contributed by atoms with van der Waals surface area (Å²) in [6.07, 6.45) is 3.16. The lowest BCUT2D eigenvalue weighted by Crippen LogP contribution is -2.42. The molecular formula is C29H36F2N6O4. The Morgan fingerprint density at radius 2 is 1.85 bits per heavy atom. The molecule has 0 bridgehead atoms. The molecule has 2 saturated carbocycles. The van der Waals surface area contributed by atoms with Crippen LogP contribution in [0.15, 0.2) is 22.8 Å². The number of nitrogens with zero attached hydrogens (tertiary/aromatic N) is 3. The number of nitrogens with one attached hydrogen (secondary N) is 3. The predicted octanol–water partition coefficient (Wildman–Crippen LogP) is 4.93. The quantitative estimate of drug-likeness (QED) is 0.332. The smallest absolute Gasteiger partial charge is 0.276 e. The van der Waals surface area contributed by atoms with Gasteiger partial charge in [-0.2, -0.15) is 0 Å². The summed E-state index contributed by atoms with van der Waals surface area (Å²) in [5.41, 5.74) is 2.67. The number of ether oxygens (including phenoxy) is 1. The Morgan fingerprint density at radius 3 is 2.51 bits per heavy atom. The Labute approximate surface area is 236 Å². The first-order valence-corrected chi connectivity index (χ1v) is 14.4. The summed E-state index contributed by atoms with van der Waals surface area (Å²) in [6, 6.07) is 5.25. The second kappa shape index (κ2) is 10.5. The minimum Gasteiger partial charge on any atom is -0.376 e. The van der Waals surface area contributed by atoms with Crippen LogP contribution in [0.1, 0.15) is 98.4 Å². The number of fused-ring (bicyclic) bond motifs is 1. The van der Waals surface area contributed by atoms with Crippen LogP contribution in [0.4, 0.5) is 8.78 Å². The second-order valence-electron chi connectivity index (χ2n) is 12.6. The van der Waals surface area contributed by atoms with Crippen molar-refractivity contribution in [2.75, 3.05) is 6.61 Å². The van der Waals surface area contributed by atoms with E-state index >= 15 is 0 Å². The summed E-state index contributed by atoms with van der Waals surface area (Å²) < 4.78 is 37.2. The first-order valence-electron chi connectivity index (χ1n) is 14.4. The lowest BCUT2D eigenvalue weighted by Gasteiger charge is -2.38. The highest BCUT2D eigenvalue weighted by Crippen LogP contribution is 2.45. The molecule has 220 valence electrons. The number of aryl methyl sites for hydroxylation is 1. The number of H-pyrrole nitrogens is 1. The minimum atomic E-state index is -2.63. The van der Waals surface area contributed by atoms with Gasteiger partial charge in [-0.05, 0) is 87.1 Å². The van der Waals surface area contributed by atoms with Crippen molar-refractivity contribution in [3.8, 4) is 0 Å². The second-order valence-corrected chi connectivity index (χ2v) is 12.6. The van der Waals surface area contributed by atoms with Crippen LogP contribution in [-0.2, 0) is 9.53 Å². The molecule has 3 aromatic rings. The summed E-state index contributed by atoms with van der Waals surface area (Å²) in [5, 5.41) is 13.7. The van der Waals surface area contributed by atoms with Crippen LogP contribution in [0, 0.1) is 24.7 Å². The van der Waals surface area contributed by atoms with Crippen molar-refractivity contribution >= 4 is 22.8 Å². The molecule has 2 aliphatic carbocycles. The molecule has 2 aromatic heterocycles. The zero-order valence-corrected chi connectivity index (χ0v) is 23.5. The number of rotatable bonds is 9. The molecule has 41 heavy (non-hydrogen) atoms. The van der Waals surface area contributed by atoms with E-state index in [-0.39, 0.29) is 60.2 Å². The normalized spacial score (nSPS) is 23.5. The van der Waals surface area contributed by atoms with Crippen LogP contribution in [-0.4, -0.2) is 50.2 Å². The Hall–Kier alpha value is -3.41. The monoisotopic (exact) mass is 570 g/mol. The van der Waals surface area contributed by atoms with Crippen molar-refractivity contribution in [2.24, 2.45) is 17.8 Å². The molecule has 12 heteroatoms. The minimum absolute atomic E-state index is 0.0558. The lowest BCUT2D eigenvalue weighted by molar-refractivity contribution is -0.134. The first-order chi connectivity index (χ1) is 19.5. The average Bonchev–Trinajstić information content (AvgIpc) is 3.49. The van der Waals surface area contributed by atoms with Crippen LogP contribution in [0.25, 0.3) is 11.0 Å². The Morgan fingerprint density at radius 1 is 1.07 bits per heavy atom. The number of benzene rings is 1. The number of hydrogen-bond acceptors (Lipinski definition) is 7. The number of aromatic amines is 1. The third kappa shape index (κ3) is 6.12. The van der Waals surface area contributed by atoms with Crippen LogP contribution in [0.2, 0.25) is 0 Å². The van der Waals surface area contributed by atoms with Gasteiger partial charge >= 0.3 is 0 Å². The summed E-state index contributed by atoms with van der Waals surface area (Å²) in [4.78, 5) is 34.2. The predicted molar refractivity (Wildman–Crippen MR) is 144 cm³/mol. The maximum Gasteiger partial charge on any atom is 0.276 e. The SMILES string of the molecule is Cc1nonc1C(=O)N[C@H](c1nc2ccc([C@H](NC(=O)CC3CC(F)(F)C3)C3CC3)cc2[nH]1)C1CCOC(C)(C)C1. The fraction of sp³-hybridized carbons (Fsp3) is 0.621. The topological polar surface area (TPSA) is 135 Å². The molecule has 3 N–H and O–H groups in total. The van der Waals surface area contributed by atoms with Crippen molar-refractivity contribution in [2.45, 2.75) is 89.3 Å². The number of imidazole rings is 1. The van der Waals surface area contributed by atoms with Gasteiger partial charge in [0.25, 0.3) is 5.91 Å². The first kappa shape index (κ1) is 27.7. The molecule has 1 saturated heterocycles. The van der Waals surface area contributed by atoms with E-state index in [2.05, 4.69) is 25.9 Å². The molecule has 6 rings (SSSR count). The summed E-state index contributed by atoms with van der Waals surface area (Å²) in [6.45, 7) is 6.31. The van der Waals surface area contributed by atoms with E-state index in [0.29, 0.717) is 24.0 Å². The molecule has 0 radical (unpaired) electrons. The van der Waals surface area contributed by atoms with Crippen molar-refractivity contribution in [1.29, 1.82) is 0 Å². The van der Waals surface area contributed by atoms with E-state index in [0.717, 1.165) is 42.3 Å². The zero-order chi connectivity index (χ0) is 28.9. The highest BCUT2D eigenvalue weighted by Gasteiger charge is 2.46. The third-order valence-corrected chi connectivity index (χ3v) is 8.60. The number of amides is 2. The van der Waals surface area contributed by atoms with Gasteiger partial charge in [0.2, 0.25) is 11.8 Å². The van der Waals surface area contributed by atoms with E-state index in [9.17, 15) is 18.4 Å². The average molecular weight is 571 g/mol. The summed E-state index contributed by atoms with van der Waals surface area (Å²) in [7, 11) is 0. The molecule has 3 aliphatic rings. The van der Waals surface area contributed by atoms with Gasteiger partial charge in [0, 0.05) is 25.9 Å². The highest BCUT2D eigenvalue weighted by atomic mass is 19.3. The van der Waals surface area contributed by atoms with Crippen LogP contribution < -0.4 is 10.6 Å². The highest BCUT2D eigenvalue weighted by molar-refractivity contribution is 5.93. The largest absolute Gasteiger partial charge is 0.376 e. The summed E-state index contributed by atoms with van der Waals surface area (Å²) >= 11 is 0. The van der Waals surface area contributed by atoms with Crippen LogP contribution in [0.3, 0.4) is 0 Å². The number of carbonyl (C=O) groups excluding carboxylic acids is 2. The number of carbonyl (C=O) groups is 2. The fourth-order valence-corrected chi connectivity index (χ4v) is 6.33. The molecule has 1 aromatic carbocycles. The van der Waals surface area contributed by atoms with Crippen molar-refractivity contribution in [3.05, 3.63) is 41.0 Å². The molecule has 0 spiro atoms. The molecule has 3 atom stereocenters. The van der Waals surface area contributed by atoms with Gasteiger partial charge in [-0.25, -0.2) is 18.4 Å². The molecule has 2 amide bonds. The Bertz CT molecular complexity index is 1440. The number of alkyl halides is 2. The third-order valence-electron chi connectivity index (χ3n) is 8.60. The maximum absolute atomic E-state index is 13.2. The van der Waals surface area contributed by atoms with E-state index in [4.69, 9.17) is 14.3 Å². The van der Waals surface area contributed by atoms with E-state index in [1.165, 1.54) is 0 Å². The standard InChI is InChI=1S/C29H36F2N6O4/c1-15-23(37-41-36-15)27(39)35-25(19-8-9-40-28(2,3)14-19)26-32-20-7-6-18(11-21(20)33-26)24(17-4-5-17)34-22(38)10-16-12-29(30,31)13-16/h6-7,11,16-17,19,24-25H,4-5,8-10,12-14H2,1-3H3,(H,32,33)(H,34,38)(H,35,39)/t19?,24-,25+/m1/s1. The maximum atomic E-state index is 13.2. The number of halogens is 2.